The molecule has 0 aromatic heterocycles. The fraction of sp³-hybridized carbons (Fsp3) is 0.500. The van der Waals surface area contributed by atoms with Gasteiger partial charge in [0.25, 0.3) is 5.91 Å². The van der Waals surface area contributed by atoms with E-state index in [-0.39, 0.29) is 24.9 Å². The Labute approximate surface area is 149 Å². The molecule has 0 saturated carbocycles. The summed E-state index contributed by atoms with van der Waals surface area (Å²) in [5.74, 6) is -0.464. The standard InChI is InChI=1S/C16H17Cl2N3O3/c17-10-5-9-12(6-11(10)18)20-13(22)15(9)2-4-21(8-15)14(23)16(24)1-3-19-7-16/h5-6,19,24H,1-4,7-8H2,(H,20,22)/t15-,16?/m1/s1. The average Bonchev–Trinajstić information content (AvgIpc) is 3.23. The van der Waals surface area contributed by atoms with Crippen molar-refractivity contribution in [1.29, 1.82) is 0 Å². The van der Waals surface area contributed by atoms with E-state index in [1.54, 1.807) is 17.0 Å². The van der Waals surface area contributed by atoms with Crippen molar-refractivity contribution in [3.05, 3.63) is 27.7 Å². The van der Waals surface area contributed by atoms with Crippen LogP contribution in [-0.4, -0.2) is 53.6 Å². The molecule has 128 valence electrons. The molecule has 2 fully saturated rings. The zero-order valence-electron chi connectivity index (χ0n) is 12.9. The summed E-state index contributed by atoms with van der Waals surface area (Å²) in [4.78, 5) is 26.9. The molecule has 8 heteroatoms. The molecule has 3 heterocycles. The molecule has 4 rings (SSSR count). The van der Waals surface area contributed by atoms with Gasteiger partial charge in [0.15, 0.2) is 5.60 Å². The predicted octanol–water partition coefficient (Wildman–Crippen LogP) is 1.14. The van der Waals surface area contributed by atoms with E-state index in [2.05, 4.69) is 10.6 Å². The first-order valence-corrected chi connectivity index (χ1v) is 8.65. The molecular formula is C16H17Cl2N3O3. The van der Waals surface area contributed by atoms with E-state index in [1.165, 1.54) is 0 Å². The first kappa shape index (κ1) is 16.1. The van der Waals surface area contributed by atoms with Gasteiger partial charge in [0, 0.05) is 25.3 Å². The second-order valence-corrected chi connectivity index (χ2v) is 7.60. The number of hydrogen-bond acceptors (Lipinski definition) is 4. The summed E-state index contributed by atoms with van der Waals surface area (Å²) in [5.41, 5.74) is -0.776. The van der Waals surface area contributed by atoms with Crippen LogP contribution in [0.2, 0.25) is 10.0 Å². The fourth-order valence-electron chi connectivity index (χ4n) is 3.95. The van der Waals surface area contributed by atoms with Crippen molar-refractivity contribution in [2.24, 2.45) is 0 Å². The SMILES string of the molecule is O=C(N1CC[C@]2(C1)C(=O)Nc1cc(Cl)c(Cl)cc12)C1(O)CCNC1. The van der Waals surface area contributed by atoms with Gasteiger partial charge in [-0.25, -0.2) is 0 Å². The number of benzene rings is 1. The average molecular weight is 370 g/mol. The van der Waals surface area contributed by atoms with Gasteiger partial charge in [-0.1, -0.05) is 23.2 Å². The Kier molecular flexibility index (Phi) is 3.58. The number of nitrogens with zero attached hydrogens (tertiary/aromatic N) is 1. The van der Waals surface area contributed by atoms with Gasteiger partial charge >= 0.3 is 0 Å². The number of β-amino-alcohol motifs (C(OH)–C–C–N with tert-alkyl or cyclic N) is 1. The van der Waals surface area contributed by atoms with Crippen molar-refractivity contribution in [2.75, 3.05) is 31.5 Å². The molecular weight excluding hydrogens is 353 g/mol. The Bertz CT molecular complexity index is 748. The van der Waals surface area contributed by atoms with E-state index in [0.717, 1.165) is 5.56 Å². The molecule has 3 N–H and O–H groups in total. The number of aliphatic hydroxyl groups is 1. The van der Waals surface area contributed by atoms with Gasteiger partial charge < -0.3 is 20.6 Å². The topological polar surface area (TPSA) is 81.7 Å². The van der Waals surface area contributed by atoms with E-state index in [4.69, 9.17) is 23.2 Å². The third-order valence-electron chi connectivity index (χ3n) is 5.35. The third-order valence-corrected chi connectivity index (χ3v) is 6.07. The van der Waals surface area contributed by atoms with Crippen LogP contribution in [0.25, 0.3) is 0 Å². The maximum atomic E-state index is 12.7. The van der Waals surface area contributed by atoms with Crippen LogP contribution in [-0.2, 0) is 15.0 Å². The number of halogens is 2. The lowest BCUT2D eigenvalue weighted by molar-refractivity contribution is -0.148. The van der Waals surface area contributed by atoms with E-state index >= 15 is 0 Å². The summed E-state index contributed by atoms with van der Waals surface area (Å²) in [7, 11) is 0. The fourth-order valence-corrected chi connectivity index (χ4v) is 4.28. The van der Waals surface area contributed by atoms with E-state index in [0.29, 0.717) is 41.7 Å². The first-order valence-electron chi connectivity index (χ1n) is 7.89. The van der Waals surface area contributed by atoms with Gasteiger partial charge in [-0.3, -0.25) is 9.59 Å². The third kappa shape index (κ3) is 2.17. The molecule has 2 amide bonds. The number of carbonyl (C=O) groups is 2. The molecule has 0 aliphatic carbocycles. The van der Waals surface area contributed by atoms with Crippen molar-refractivity contribution in [1.82, 2.24) is 10.2 Å². The predicted molar refractivity (Wildman–Crippen MR) is 90.4 cm³/mol. The van der Waals surface area contributed by atoms with Gasteiger partial charge in [-0.2, -0.15) is 0 Å². The summed E-state index contributed by atoms with van der Waals surface area (Å²) in [5, 5.41) is 17.1. The van der Waals surface area contributed by atoms with Crippen molar-refractivity contribution in [3.8, 4) is 0 Å². The maximum Gasteiger partial charge on any atom is 0.255 e. The minimum Gasteiger partial charge on any atom is -0.379 e. The summed E-state index contributed by atoms with van der Waals surface area (Å²) in [6.07, 6.45) is 0.887. The molecule has 3 aliphatic rings. The van der Waals surface area contributed by atoms with Gasteiger partial charge in [0.05, 0.1) is 15.5 Å². The molecule has 1 unspecified atom stereocenters. The Morgan fingerprint density at radius 2 is 2.00 bits per heavy atom. The van der Waals surface area contributed by atoms with Crippen LogP contribution in [0, 0.1) is 0 Å². The molecule has 1 aromatic carbocycles. The van der Waals surface area contributed by atoms with Gasteiger partial charge in [0.2, 0.25) is 5.91 Å². The monoisotopic (exact) mass is 369 g/mol. The number of carbonyl (C=O) groups excluding carboxylic acids is 2. The molecule has 24 heavy (non-hydrogen) atoms. The van der Waals surface area contributed by atoms with Crippen LogP contribution in [0.3, 0.4) is 0 Å². The molecule has 0 radical (unpaired) electrons. The lowest BCUT2D eigenvalue weighted by Gasteiger charge is -2.28. The second-order valence-electron chi connectivity index (χ2n) is 6.78. The largest absolute Gasteiger partial charge is 0.379 e. The van der Waals surface area contributed by atoms with Crippen LogP contribution in [0.1, 0.15) is 18.4 Å². The van der Waals surface area contributed by atoms with Crippen LogP contribution in [0.15, 0.2) is 12.1 Å². The highest BCUT2D eigenvalue weighted by atomic mass is 35.5. The summed E-state index contributed by atoms with van der Waals surface area (Å²) in [6.45, 7) is 1.53. The smallest absolute Gasteiger partial charge is 0.255 e. The highest BCUT2D eigenvalue weighted by Gasteiger charge is 2.54. The first-order chi connectivity index (χ1) is 11.4. The Hall–Kier alpha value is -1.34. The highest BCUT2D eigenvalue weighted by Crippen LogP contribution is 2.47. The van der Waals surface area contributed by atoms with Crippen LogP contribution in [0.4, 0.5) is 5.69 Å². The van der Waals surface area contributed by atoms with Crippen molar-refractivity contribution < 1.29 is 14.7 Å². The van der Waals surface area contributed by atoms with Crippen LogP contribution < -0.4 is 10.6 Å². The van der Waals surface area contributed by atoms with Crippen LogP contribution >= 0.6 is 23.2 Å². The lowest BCUT2D eigenvalue weighted by Crippen LogP contribution is -2.51. The molecule has 3 aliphatic heterocycles. The van der Waals surface area contributed by atoms with E-state index in [1.807, 2.05) is 0 Å². The van der Waals surface area contributed by atoms with Gasteiger partial charge in [-0.15, -0.1) is 0 Å². The summed E-state index contributed by atoms with van der Waals surface area (Å²) in [6, 6.07) is 3.35. The molecule has 2 saturated heterocycles. The summed E-state index contributed by atoms with van der Waals surface area (Å²) >= 11 is 12.2. The van der Waals surface area contributed by atoms with E-state index < -0.39 is 11.0 Å². The van der Waals surface area contributed by atoms with Crippen LogP contribution in [0.5, 0.6) is 0 Å². The number of hydrogen-bond donors (Lipinski definition) is 3. The Balaban J connectivity index is 1.66. The number of rotatable bonds is 1. The normalized spacial score (nSPS) is 31.6. The lowest BCUT2D eigenvalue weighted by atomic mass is 9.81. The number of anilines is 1. The van der Waals surface area contributed by atoms with Crippen molar-refractivity contribution in [2.45, 2.75) is 23.9 Å². The summed E-state index contributed by atoms with van der Waals surface area (Å²) < 4.78 is 0. The molecule has 1 aromatic rings. The van der Waals surface area contributed by atoms with E-state index in [9.17, 15) is 14.7 Å². The highest BCUT2D eigenvalue weighted by molar-refractivity contribution is 6.42. The number of amides is 2. The zero-order chi connectivity index (χ0) is 17.1. The minimum atomic E-state index is -1.37. The van der Waals surface area contributed by atoms with Crippen molar-refractivity contribution >= 4 is 40.7 Å². The van der Waals surface area contributed by atoms with Gasteiger partial charge in [0.1, 0.15) is 0 Å². The Morgan fingerprint density at radius 1 is 1.25 bits per heavy atom. The zero-order valence-corrected chi connectivity index (χ0v) is 14.4. The number of fused-ring (bicyclic) bond motifs is 2. The number of likely N-dealkylation sites (tertiary alicyclic amines) is 1. The second kappa shape index (κ2) is 5.33. The quantitative estimate of drug-likeness (QED) is 0.693. The number of nitrogens with one attached hydrogen (secondary N) is 2. The molecule has 0 bridgehead atoms. The minimum absolute atomic E-state index is 0.150. The maximum absolute atomic E-state index is 12.7. The van der Waals surface area contributed by atoms with Gasteiger partial charge in [-0.05, 0) is 37.1 Å². The molecule has 6 nitrogen and oxygen atoms in total. The molecule has 2 atom stereocenters. The Morgan fingerprint density at radius 3 is 2.71 bits per heavy atom. The molecule has 1 spiro atoms. The van der Waals surface area contributed by atoms with Crippen molar-refractivity contribution in [3.63, 3.8) is 0 Å².